The van der Waals surface area contributed by atoms with Crippen LogP contribution in [0.1, 0.15) is 52.5 Å². The molecule has 5 N–H and O–H groups in total. The number of hydrogen-bond acceptors (Lipinski definition) is 8. The molecule has 0 radical (unpaired) electrons. The van der Waals surface area contributed by atoms with E-state index in [-0.39, 0.29) is 43.4 Å². The van der Waals surface area contributed by atoms with E-state index in [1.807, 2.05) is 32.0 Å². The molecule has 10 nitrogen and oxygen atoms in total. The normalized spacial score (nSPS) is 18.3. The lowest BCUT2D eigenvalue weighted by Crippen LogP contribution is -2.45. The number of cyclic esters (lactones) is 1. The van der Waals surface area contributed by atoms with E-state index in [2.05, 4.69) is 24.5 Å². The molecule has 222 valence electrons. The van der Waals surface area contributed by atoms with E-state index in [1.165, 1.54) is 0 Å². The fourth-order valence-electron chi connectivity index (χ4n) is 4.75. The molecule has 1 heterocycles. The standard InChI is InChI=1S/C29H49N3O7/c1-18(2)21(12-20-8-9-26(37-6)27(13-20)38-11-7-10-36-5)14-24(30)25(33)15-23(19(3)4)28(34)31-16-22-17-39-29(35)32-22/h8-9,13,18-19,21-25,33H,7,10-12,14-17,30H2,1-6H3,(H,31,34)(H,32,35)/t21-,22-,23-,24-,25-/m0/s1. The lowest BCUT2D eigenvalue weighted by atomic mass is 9.81. The maximum atomic E-state index is 12.9. The van der Waals surface area contributed by atoms with Crippen LogP contribution in [0.3, 0.4) is 0 Å². The smallest absolute Gasteiger partial charge is 0.407 e. The van der Waals surface area contributed by atoms with E-state index in [0.29, 0.717) is 37.1 Å². The van der Waals surface area contributed by atoms with Gasteiger partial charge in [0.05, 0.1) is 25.9 Å². The molecule has 1 fully saturated rings. The number of amides is 2. The van der Waals surface area contributed by atoms with Crippen LogP contribution in [0, 0.1) is 23.7 Å². The summed E-state index contributed by atoms with van der Waals surface area (Å²) in [7, 11) is 3.29. The molecular weight excluding hydrogens is 502 g/mol. The van der Waals surface area contributed by atoms with Crippen molar-refractivity contribution in [2.45, 2.75) is 71.6 Å². The summed E-state index contributed by atoms with van der Waals surface area (Å²) in [4.78, 5) is 24.1. The van der Waals surface area contributed by atoms with Crippen molar-refractivity contribution in [2.24, 2.45) is 29.4 Å². The Morgan fingerprint density at radius 2 is 1.90 bits per heavy atom. The van der Waals surface area contributed by atoms with Crippen LogP contribution in [-0.4, -0.2) is 75.9 Å². The summed E-state index contributed by atoms with van der Waals surface area (Å²) in [5.41, 5.74) is 7.63. The van der Waals surface area contributed by atoms with Gasteiger partial charge in [-0.1, -0.05) is 33.8 Å². The first kappa shape index (κ1) is 32.7. The van der Waals surface area contributed by atoms with Gasteiger partial charge < -0.3 is 40.4 Å². The number of hydrogen-bond donors (Lipinski definition) is 4. The summed E-state index contributed by atoms with van der Waals surface area (Å²) in [6.07, 6.45) is 1.15. The highest BCUT2D eigenvalue weighted by molar-refractivity contribution is 5.79. The Hall–Kier alpha value is -2.56. The molecule has 0 bridgehead atoms. The van der Waals surface area contributed by atoms with Crippen molar-refractivity contribution < 1.29 is 33.6 Å². The number of carbonyl (C=O) groups is 2. The zero-order chi connectivity index (χ0) is 28.9. The van der Waals surface area contributed by atoms with Gasteiger partial charge in [-0.15, -0.1) is 0 Å². The molecule has 1 aliphatic rings. The average Bonchev–Trinajstić information content (AvgIpc) is 3.32. The van der Waals surface area contributed by atoms with Crippen molar-refractivity contribution in [3.8, 4) is 11.5 Å². The Labute approximate surface area is 233 Å². The lowest BCUT2D eigenvalue weighted by Gasteiger charge is -2.30. The minimum absolute atomic E-state index is 0.0174. The van der Waals surface area contributed by atoms with E-state index in [9.17, 15) is 14.7 Å². The molecule has 2 amide bonds. The predicted octanol–water partition coefficient (Wildman–Crippen LogP) is 2.89. The van der Waals surface area contributed by atoms with Gasteiger partial charge in [-0.05, 0) is 54.7 Å². The van der Waals surface area contributed by atoms with Crippen LogP contribution in [0.4, 0.5) is 4.79 Å². The second kappa shape index (κ2) is 16.5. The Morgan fingerprint density at radius 3 is 2.49 bits per heavy atom. The highest BCUT2D eigenvalue weighted by Crippen LogP contribution is 2.31. The van der Waals surface area contributed by atoms with Gasteiger partial charge >= 0.3 is 6.09 Å². The minimum Gasteiger partial charge on any atom is -0.493 e. The number of alkyl carbamates (subject to hydrolysis) is 1. The van der Waals surface area contributed by atoms with Gasteiger partial charge in [-0.3, -0.25) is 4.79 Å². The highest BCUT2D eigenvalue weighted by Gasteiger charge is 2.31. The molecule has 0 saturated carbocycles. The second-order valence-corrected chi connectivity index (χ2v) is 11.1. The third-order valence-electron chi connectivity index (χ3n) is 7.39. The summed E-state index contributed by atoms with van der Waals surface area (Å²) >= 11 is 0. The predicted molar refractivity (Wildman–Crippen MR) is 150 cm³/mol. The first-order valence-corrected chi connectivity index (χ1v) is 14.0. The number of aliphatic hydroxyl groups excluding tert-OH is 1. The summed E-state index contributed by atoms with van der Waals surface area (Å²) in [5, 5.41) is 16.6. The molecule has 10 heteroatoms. The largest absolute Gasteiger partial charge is 0.493 e. The number of nitrogens with one attached hydrogen (secondary N) is 2. The SMILES string of the molecule is COCCCOc1cc(C[C@@H](C[C@H](N)[C@@H](O)C[C@H](C(=O)NC[C@H]2COC(=O)N2)C(C)C)C(C)C)ccc1OC. The van der Waals surface area contributed by atoms with Crippen LogP contribution in [0.25, 0.3) is 0 Å². The molecule has 1 aromatic carbocycles. The summed E-state index contributed by atoms with van der Waals surface area (Å²) < 4.78 is 21.4. The molecular formula is C29H49N3O7. The van der Waals surface area contributed by atoms with Gasteiger partial charge in [-0.25, -0.2) is 4.79 Å². The minimum atomic E-state index is -0.825. The number of methoxy groups -OCH3 is 2. The number of aliphatic hydroxyl groups is 1. The van der Waals surface area contributed by atoms with Crippen LogP contribution < -0.4 is 25.8 Å². The van der Waals surface area contributed by atoms with Gasteiger partial charge in [0.15, 0.2) is 11.5 Å². The molecule has 5 atom stereocenters. The number of nitrogens with two attached hydrogens (primary N) is 1. The summed E-state index contributed by atoms with van der Waals surface area (Å²) in [6.45, 7) is 9.90. The van der Waals surface area contributed by atoms with Crippen molar-refractivity contribution in [2.75, 3.05) is 40.6 Å². The van der Waals surface area contributed by atoms with E-state index >= 15 is 0 Å². The number of carbonyl (C=O) groups excluding carboxylic acids is 2. The average molecular weight is 552 g/mol. The fourth-order valence-corrected chi connectivity index (χ4v) is 4.75. The maximum absolute atomic E-state index is 12.9. The maximum Gasteiger partial charge on any atom is 0.407 e. The van der Waals surface area contributed by atoms with Gasteiger partial charge in [-0.2, -0.15) is 0 Å². The molecule has 0 aromatic heterocycles. The molecule has 0 unspecified atom stereocenters. The third kappa shape index (κ3) is 10.8. The lowest BCUT2D eigenvalue weighted by molar-refractivity contribution is -0.127. The highest BCUT2D eigenvalue weighted by atomic mass is 16.6. The zero-order valence-corrected chi connectivity index (χ0v) is 24.4. The fraction of sp³-hybridized carbons (Fsp3) is 0.724. The van der Waals surface area contributed by atoms with Gasteiger partial charge in [0.1, 0.15) is 6.61 Å². The molecule has 0 aliphatic carbocycles. The molecule has 1 saturated heterocycles. The summed E-state index contributed by atoms with van der Waals surface area (Å²) in [5.74, 6) is 1.41. The van der Waals surface area contributed by atoms with Crippen molar-refractivity contribution in [1.82, 2.24) is 10.6 Å². The van der Waals surface area contributed by atoms with Crippen molar-refractivity contribution >= 4 is 12.0 Å². The van der Waals surface area contributed by atoms with Crippen molar-refractivity contribution in [1.29, 1.82) is 0 Å². The topological polar surface area (TPSA) is 141 Å². The van der Waals surface area contributed by atoms with E-state index in [4.69, 9.17) is 24.7 Å². The Kier molecular flexibility index (Phi) is 13.8. The number of rotatable bonds is 18. The van der Waals surface area contributed by atoms with Gasteiger partial charge in [0, 0.05) is 38.6 Å². The quantitative estimate of drug-likeness (QED) is 0.204. The van der Waals surface area contributed by atoms with E-state index < -0.39 is 24.2 Å². The van der Waals surface area contributed by atoms with Crippen LogP contribution in [-0.2, 0) is 20.7 Å². The van der Waals surface area contributed by atoms with Crippen LogP contribution in [0.15, 0.2) is 18.2 Å². The second-order valence-electron chi connectivity index (χ2n) is 11.1. The molecule has 1 aliphatic heterocycles. The Morgan fingerprint density at radius 1 is 1.15 bits per heavy atom. The summed E-state index contributed by atoms with van der Waals surface area (Å²) in [6, 6.07) is 5.25. The Balaban J connectivity index is 1.97. The first-order chi connectivity index (χ1) is 18.5. The third-order valence-corrected chi connectivity index (χ3v) is 7.39. The van der Waals surface area contributed by atoms with Crippen LogP contribution >= 0.6 is 0 Å². The van der Waals surface area contributed by atoms with E-state index in [1.54, 1.807) is 14.2 Å². The monoisotopic (exact) mass is 551 g/mol. The zero-order valence-electron chi connectivity index (χ0n) is 24.4. The first-order valence-electron chi connectivity index (χ1n) is 14.0. The number of ether oxygens (including phenoxy) is 4. The van der Waals surface area contributed by atoms with Crippen LogP contribution in [0.5, 0.6) is 11.5 Å². The van der Waals surface area contributed by atoms with Crippen molar-refractivity contribution in [3.05, 3.63) is 23.8 Å². The van der Waals surface area contributed by atoms with Gasteiger partial charge in [0.2, 0.25) is 5.91 Å². The molecule has 1 aromatic rings. The van der Waals surface area contributed by atoms with Crippen LogP contribution in [0.2, 0.25) is 0 Å². The molecule has 2 rings (SSSR count). The van der Waals surface area contributed by atoms with Crippen molar-refractivity contribution in [3.63, 3.8) is 0 Å². The molecule has 0 spiro atoms. The van der Waals surface area contributed by atoms with E-state index in [0.717, 1.165) is 18.4 Å². The van der Waals surface area contributed by atoms with Gasteiger partial charge in [0.25, 0.3) is 0 Å². The Bertz CT molecular complexity index is 896. The number of benzene rings is 1. The molecule has 39 heavy (non-hydrogen) atoms.